The minimum atomic E-state index is 0.679. The summed E-state index contributed by atoms with van der Waals surface area (Å²) in [6.45, 7) is 4.06. The van der Waals surface area contributed by atoms with Crippen LogP contribution < -0.4 is 0 Å². The molecule has 0 atom stereocenters. The minimum absolute atomic E-state index is 0.679. The summed E-state index contributed by atoms with van der Waals surface area (Å²) in [5.41, 5.74) is 4.87. The van der Waals surface area contributed by atoms with E-state index in [0.29, 0.717) is 5.75 Å². The predicted molar refractivity (Wildman–Crippen MR) is 100 cm³/mol. The fourth-order valence-corrected chi connectivity index (χ4v) is 3.49. The van der Waals surface area contributed by atoms with E-state index in [4.69, 9.17) is 16.4 Å². The number of fused-ring (bicyclic) bond motifs is 1. The Balaban J connectivity index is 1.92. The highest BCUT2D eigenvalue weighted by atomic mass is 35.5. The first-order chi connectivity index (χ1) is 11.6. The van der Waals surface area contributed by atoms with Gasteiger partial charge in [0.05, 0.1) is 11.4 Å². The van der Waals surface area contributed by atoms with Gasteiger partial charge in [-0.3, -0.25) is 4.40 Å². The van der Waals surface area contributed by atoms with Crippen LogP contribution in [0.15, 0.2) is 52.6 Å². The lowest BCUT2D eigenvalue weighted by molar-refractivity contribution is 0.213. The van der Waals surface area contributed by atoms with Crippen molar-refractivity contribution in [2.75, 3.05) is 12.9 Å². The van der Waals surface area contributed by atoms with E-state index in [-0.39, 0.29) is 0 Å². The van der Waals surface area contributed by atoms with Gasteiger partial charge >= 0.3 is 0 Å². The normalized spacial score (nSPS) is 11.9. The molecule has 4 nitrogen and oxygen atoms in total. The van der Waals surface area contributed by atoms with Crippen LogP contribution in [0.1, 0.15) is 17.0 Å². The molecular weight excluding hydrogens is 342 g/mol. The van der Waals surface area contributed by atoms with Gasteiger partial charge in [-0.1, -0.05) is 16.8 Å². The van der Waals surface area contributed by atoms with Gasteiger partial charge in [-0.05, 0) is 55.8 Å². The first-order valence-electron chi connectivity index (χ1n) is 7.52. The highest BCUT2D eigenvalue weighted by Gasteiger charge is 2.16. The van der Waals surface area contributed by atoms with E-state index in [2.05, 4.69) is 33.6 Å². The number of thioether (sulfide) groups is 1. The number of pyridine rings is 1. The third-order valence-corrected chi connectivity index (χ3v) is 4.90. The molecule has 3 aromatic rings. The molecule has 0 N–H and O–H groups in total. The van der Waals surface area contributed by atoms with E-state index in [1.165, 1.54) is 5.56 Å². The van der Waals surface area contributed by atoms with Gasteiger partial charge in [-0.25, -0.2) is 4.98 Å². The highest BCUT2D eigenvalue weighted by Crippen LogP contribution is 2.23. The van der Waals surface area contributed by atoms with Crippen LogP contribution in [0.2, 0.25) is 5.02 Å². The molecule has 1 aromatic carbocycles. The molecule has 124 valence electrons. The number of benzene rings is 1. The van der Waals surface area contributed by atoms with Gasteiger partial charge < -0.3 is 4.84 Å². The molecule has 24 heavy (non-hydrogen) atoms. The SMILES string of the molecule is CO/N=C(\CSc1ccc(Cl)cc1)c1c(C)nc2cc(C)ccn12. The number of rotatable bonds is 5. The summed E-state index contributed by atoms with van der Waals surface area (Å²) >= 11 is 7.62. The Morgan fingerprint density at radius 3 is 2.71 bits per heavy atom. The number of aryl methyl sites for hydroxylation is 2. The van der Waals surface area contributed by atoms with Crippen molar-refractivity contribution < 1.29 is 4.84 Å². The molecule has 0 saturated heterocycles. The van der Waals surface area contributed by atoms with E-state index in [9.17, 15) is 0 Å². The quantitative estimate of drug-likeness (QED) is 0.375. The second-order valence-electron chi connectivity index (χ2n) is 5.44. The second kappa shape index (κ2) is 7.28. The maximum atomic E-state index is 5.94. The van der Waals surface area contributed by atoms with Gasteiger partial charge in [0.2, 0.25) is 0 Å². The fraction of sp³-hybridized carbons (Fsp3) is 0.222. The molecule has 2 heterocycles. The lowest BCUT2D eigenvalue weighted by Gasteiger charge is -2.08. The first kappa shape index (κ1) is 16.9. The Morgan fingerprint density at radius 2 is 2.00 bits per heavy atom. The highest BCUT2D eigenvalue weighted by molar-refractivity contribution is 8.00. The van der Waals surface area contributed by atoms with Gasteiger partial charge in [0, 0.05) is 21.9 Å². The van der Waals surface area contributed by atoms with Gasteiger partial charge in [0.25, 0.3) is 0 Å². The largest absolute Gasteiger partial charge is 0.399 e. The Kier molecular flexibility index (Phi) is 5.11. The molecule has 0 spiro atoms. The zero-order valence-electron chi connectivity index (χ0n) is 13.8. The predicted octanol–water partition coefficient (Wildman–Crippen LogP) is 4.75. The summed E-state index contributed by atoms with van der Waals surface area (Å²) in [5.74, 6) is 0.679. The molecule has 0 saturated carbocycles. The van der Waals surface area contributed by atoms with Gasteiger partial charge in [-0.15, -0.1) is 11.8 Å². The minimum Gasteiger partial charge on any atom is -0.399 e. The van der Waals surface area contributed by atoms with Crippen LogP contribution in [0.3, 0.4) is 0 Å². The first-order valence-corrected chi connectivity index (χ1v) is 8.89. The van der Waals surface area contributed by atoms with Gasteiger partial charge in [0.15, 0.2) is 0 Å². The Hall–Kier alpha value is -1.98. The average Bonchev–Trinajstić information content (AvgIpc) is 2.88. The van der Waals surface area contributed by atoms with Crippen LogP contribution >= 0.6 is 23.4 Å². The van der Waals surface area contributed by atoms with E-state index < -0.39 is 0 Å². The molecule has 0 bridgehead atoms. The monoisotopic (exact) mass is 359 g/mol. The maximum Gasteiger partial charge on any atom is 0.137 e. The number of nitrogens with zero attached hydrogens (tertiary/aromatic N) is 3. The molecule has 0 aliphatic rings. The molecular formula is C18H18ClN3OS. The third kappa shape index (κ3) is 3.57. The maximum absolute atomic E-state index is 5.94. The van der Waals surface area contributed by atoms with Crippen molar-refractivity contribution in [3.63, 3.8) is 0 Å². The van der Waals surface area contributed by atoms with E-state index in [0.717, 1.165) is 32.7 Å². The number of oxime groups is 1. The van der Waals surface area contributed by atoms with Crippen molar-refractivity contribution in [1.82, 2.24) is 9.38 Å². The molecule has 0 aliphatic heterocycles. The molecule has 0 aliphatic carbocycles. The average molecular weight is 360 g/mol. The molecule has 0 radical (unpaired) electrons. The summed E-state index contributed by atoms with van der Waals surface area (Å²) in [4.78, 5) is 10.8. The Labute approximate surface area is 150 Å². The van der Waals surface area contributed by atoms with Crippen molar-refractivity contribution in [2.45, 2.75) is 18.7 Å². The molecule has 3 rings (SSSR count). The van der Waals surface area contributed by atoms with Crippen LogP contribution in [0.5, 0.6) is 0 Å². The zero-order valence-corrected chi connectivity index (χ0v) is 15.4. The molecule has 6 heteroatoms. The number of halogens is 1. The third-order valence-electron chi connectivity index (χ3n) is 3.62. The number of imidazole rings is 1. The summed E-state index contributed by atoms with van der Waals surface area (Å²) in [7, 11) is 1.57. The molecule has 2 aromatic heterocycles. The Bertz CT molecular complexity index is 887. The van der Waals surface area contributed by atoms with Crippen molar-refractivity contribution in [2.24, 2.45) is 5.16 Å². The van der Waals surface area contributed by atoms with Crippen molar-refractivity contribution in [1.29, 1.82) is 0 Å². The van der Waals surface area contributed by atoms with E-state index in [1.807, 2.05) is 37.4 Å². The molecule has 0 fully saturated rings. The molecule has 0 amide bonds. The number of aromatic nitrogens is 2. The Morgan fingerprint density at radius 1 is 1.25 bits per heavy atom. The number of hydrogen-bond acceptors (Lipinski definition) is 4. The summed E-state index contributed by atoms with van der Waals surface area (Å²) < 4.78 is 2.06. The smallest absolute Gasteiger partial charge is 0.137 e. The van der Waals surface area contributed by atoms with Crippen molar-refractivity contribution in [3.05, 3.63) is 64.6 Å². The summed E-state index contributed by atoms with van der Waals surface area (Å²) in [6, 6.07) is 11.9. The van der Waals surface area contributed by atoms with Gasteiger partial charge in [-0.2, -0.15) is 0 Å². The van der Waals surface area contributed by atoms with Crippen LogP contribution in [0.4, 0.5) is 0 Å². The van der Waals surface area contributed by atoms with Crippen LogP contribution in [-0.4, -0.2) is 28.0 Å². The van der Waals surface area contributed by atoms with Crippen molar-refractivity contribution in [3.8, 4) is 0 Å². The lowest BCUT2D eigenvalue weighted by Crippen LogP contribution is -2.10. The van der Waals surface area contributed by atoms with Crippen molar-refractivity contribution >= 4 is 34.7 Å². The van der Waals surface area contributed by atoms with Crippen LogP contribution in [-0.2, 0) is 4.84 Å². The topological polar surface area (TPSA) is 38.9 Å². The van der Waals surface area contributed by atoms with Gasteiger partial charge in [0.1, 0.15) is 18.5 Å². The summed E-state index contributed by atoms with van der Waals surface area (Å²) in [5, 5.41) is 4.98. The second-order valence-corrected chi connectivity index (χ2v) is 6.93. The van der Waals surface area contributed by atoms with Crippen LogP contribution in [0, 0.1) is 13.8 Å². The fourth-order valence-electron chi connectivity index (χ4n) is 2.54. The summed E-state index contributed by atoms with van der Waals surface area (Å²) in [6.07, 6.45) is 2.03. The molecule has 0 unspecified atom stereocenters. The zero-order chi connectivity index (χ0) is 17.1. The van der Waals surface area contributed by atoms with Crippen LogP contribution in [0.25, 0.3) is 5.65 Å². The standard InChI is InChI=1S/C18H18ClN3OS/c1-12-8-9-22-17(10-12)20-13(2)18(22)16(21-23-3)11-24-15-6-4-14(19)5-7-15/h4-10H,11H2,1-3H3/b21-16+. The lowest BCUT2D eigenvalue weighted by atomic mass is 10.2. The number of hydrogen-bond donors (Lipinski definition) is 0. The van der Waals surface area contributed by atoms with E-state index >= 15 is 0 Å². The van der Waals surface area contributed by atoms with E-state index in [1.54, 1.807) is 18.9 Å².